The standard InChI is InChI=1S/C20H20ClN3O5/c21-17-4-1-15(2-5-17)12-22-7-9-23(10-8-22)20(26)14-29-19-11-16(13-25)3-6-18(19)24(27)28/h1-6,11,13H,7-10,12,14H2. The van der Waals surface area contributed by atoms with E-state index in [9.17, 15) is 19.7 Å². The summed E-state index contributed by atoms with van der Waals surface area (Å²) in [6, 6.07) is 11.5. The zero-order valence-electron chi connectivity index (χ0n) is 15.6. The van der Waals surface area contributed by atoms with E-state index < -0.39 is 4.92 Å². The van der Waals surface area contributed by atoms with Crippen LogP contribution in [-0.2, 0) is 11.3 Å². The highest BCUT2D eigenvalue weighted by Gasteiger charge is 2.23. The van der Waals surface area contributed by atoms with Gasteiger partial charge in [-0.05, 0) is 29.8 Å². The molecule has 0 N–H and O–H groups in total. The molecule has 2 aromatic carbocycles. The normalized spacial score (nSPS) is 14.4. The maximum absolute atomic E-state index is 12.4. The average Bonchev–Trinajstić information content (AvgIpc) is 2.73. The summed E-state index contributed by atoms with van der Waals surface area (Å²) in [6.45, 7) is 2.99. The van der Waals surface area contributed by atoms with Crippen molar-refractivity contribution in [2.75, 3.05) is 32.8 Å². The van der Waals surface area contributed by atoms with Gasteiger partial charge in [-0.1, -0.05) is 23.7 Å². The van der Waals surface area contributed by atoms with Crippen molar-refractivity contribution < 1.29 is 19.2 Å². The van der Waals surface area contributed by atoms with Gasteiger partial charge in [0.15, 0.2) is 12.4 Å². The summed E-state index contributed by atoms with van der Waals surface area (Å²) in [6.07, 6.45) is 0.568. The largest absolute Gasteiger partial charge is 0.477 e. The molecule has 0 bridgehead atoms. The number of nitro groups is 1. The topological polar surface area (TPSA) is 93.0 Å². The third-order valence-electron chi connectivity index (χ3n) is 4.71. The molecule has 2 aromatic rings. The second-order valence-electron chi connectivity index (χ2n) is 6.67. The molecule has 1 saturated heterocycles. The summed E-state index contributed by atoms with van der Waals surface area (Å²) in [5.41, 5.74) is 1.12. The number of carbonyl (C=O) groups excluding carboxylic acids is 2. The van der Waals surface area contributed by atoms with Crippen molar-refractivity contribution >= 4 is 29.5 Å². The SMILES string of the molecule is O=Cc1ccc([N+](=O)[O-])c(OCC(=O)N2CCN(Cc3ccc(Cl)cc3)CC2)c1. The van der Waals surface area contributed by atoms with Gasteiger partial charge in [-0.15, -0.1) is 0 Å². The molecule has 0 aromatic heterocycles. The smallest absolute Gasteiger partial charge is 0.310 e. The molecule has 0 spiro atoms. The van der Waals surface area contributed by atoms with Gasteiger partial charge in [-0.25, -0.2) is 0 Å². The summed E-state index contributed by atoms with van der Waals surface area (Å²) in [5.74, 6) is -0.337. The molecule has 1 heterocycles. The molecule has 1 fully saturated rings. The summed E-state index contributed by atoms with van der Waals surface area (Å²) in [7, 11) is 0. The third kappa shape index (κ3) is 5.52. The van der Waals surface area contributed by atoms with E-state index in [1.165, 1.54) is 18.2 Å². The van der Waals surface area contributed by atoms with Crippen LogP contribution >= 0.6 is 11.6 Å². The molecule has 8 nitrogen and oxygen atoms in total. The number of benzene rings is 2. The maximum atomic E-state index is 12.4. The predicted molar refractivity (Wildman–Crippen MR) is 107 cm³/mol. The number of aldehydes is 1. The lowest BCUT2D eigenvalue weighted by Crippen LogP contribution is -2.49. The first-order chi connectivity index (χ1) is 14.0. The molecule has 0 radical (unpaired) electrons. The van der Waals surface area contributed by atoms with Crippen LogP contribution < -0.4 is 4.74 Å². The monoisotopic (exact) mass is 417 g/mol. The first-order valence-corrected chi connectivity index (χ1v) is 9.45. The van der Waals surface area contributed by atoms with Gasteiger partial charge in [0.25, 0.3) is 5.91 Å². The molecule has 3 rings (SSSR count). The van der Waals surface area contributed by atoms with Crippen molar-refractivity contribution in [1.82, 2.24) is 9.80 Å². The van der Waals surface area contributed by atoms with Gasteiger partial charge >= 0.3 is 5.69 Å². The van der Waals surface area contributed by atoms with Gasteiger partial charge in [0, 0.05) is 49.4 Å². The van der Waals surface area contributed by atoms with Gasteiger partial charge < -0.3 is 9.64 Å². The van der Waals surface area contributed by atoms with Gasteiger partial charge in [-0.3, -0.25) is 24.6 Å². The Labute approximate surface area is 172 Å². The minimum Gasteiger partial charge on any atom is -0.477 e. The van der Waals surface area contributed by atoms with Crippen LogP contribution in [0.1, 0.15) is 15.9 Å². The number of hydrogen-bond donors (Lipinski definition) is 0. The Morgan fingerprint density at radius 3 is 2.45 bits per heavy atom. The average molecular weight is 418 g/mol. The Kier molecular flexibility index (Phi) is 6.79. The molecule has 9 heteroatoms. The summed E-state index contributed by atoms with van der Waals surface area (Å²) >= 11 is 5.90. The summed E-state index contributed by atoms with van der Waals surface area (Å²) in [5, 5.41) is 11.8. The second kappa shape index (κ2) is 9.49. The lowest BCUT2D eigenvalue weighted by Gasteiger charge is -2.34. The summed E-state index contributed by atoms with van der Waals surface area (Å²) < 4.78 is 5.37. The molecule has 0 aliphatic carbocycles. The maximum Gasteiger partial charge on any atom is 0.310 e. The fourth-order valence-electron chi connectivity index (χ4n) is 3.10. The van der Waals surface area contributed by atoms with Crippen LogP contribution in [0.2, 0.25) is 5.02 Å². The van der Waals surface area contributed by atoms with Crippen LogP contribution in [0.25, 0.3) is 0 Å². The highest BCUT2D eigenvalue weighted by Crippen LogP contribution is 2.27. The van der Waals surface area contributed by atoms with Crippen LogP contribution in [0.5, 0.6) is 5.75 Å². The molecule has 1 aliphatic rings. The van der Waals surface area contributed by atoms with Crippen molar-refractivity contribution in [3.05, 3.63) is 68.7 Å². The van der Waals surface area contributed by atoms with E-state index in [1.807, 2.05) is 24.3 Å². The number of amides is 1. The van der Waals surface area contributed by atoms with E-state index in [1.54, 1.807) is 4.90 Å². The van der Waals surface area contributed by atoms with Crippen molar-refractivity contribution in [3.8, 4) is 5.75 Å². The molecule has 152 valence electrons. The van der Waals surface area contributed by atoms with E-state index in [0.717, 1.165) is 25.2 Å². The Morgan fingerprint density at radius 2 is 1.83 bits per heavy atom. The van der Waals surface area contributed by atoms with Crippen LogP contribution in [-0.4, -0.2) is 59.7 Å². The van der Waals surface area contributed by atoms with E-state index in [-0.39, 0.29) is 29.5 Å². The van der Waals surface area contributed by atoms with Crippen LogP contribution in [0, 0.1) is 10.1 Å². The molecule has 0 atom stereocenters. The molecule has 29 heavy (non-hydrogen) atoms. The molecular weight excluding hydrogens is 398 g/mol. The van der Waals surface area contributed by atoms with Crippen molar-refractivity contribution in [2.45, 2.75) is 6.54 Å². The lowest BCUT2D eigenvalue weighted by atomic mass is 10.2. The van der Waals surface area contributed by atoms with Gasteiger partial charge in [0.2, 0.25) is 0 Å². The minimum atomic E-state index is -0.607. The van der Waals surface area contributed by atoms with E-state index in [0.29, 0.717) is 24.4 Å². The first kappa shape index (κ1) is 20.8. The third-order valence-corrected chi connectivity index (χ3v) is 4.96. The van der Waals surface area contributed by atoms with Crippen LogP contribution in [0.15, 0.2) is 42.5 Å². The van der Waals surface area contributed by atoms with Gasteiger partial charge in [0.05, 0.1) is 4.92 Å². The number of ether oxygens (including phenoxy) is 1. The van der Waals surface area contributed by atoms with Gasteiger partial charge in [-0.2, -0.15) is 0 Å². The highest BCUT2D eigenvalue weighted by molar-refractivity contribution is 6.30. The number of rotatable bonds is 7. The number of nitro benzene ring substituents is 1. The summed E-state index contributed by atoms with van der Waals surface area (Å²) in [4.78, 5) is 37.7. The predicted octanol–water partition coefficient (Wildman–Crippen LogP) is 2.78. The van der Waals surface area contributed by atoms with Crippen molar-refractivity contribution in [3.63, 3.8) is 0 Å². The van der Waals surface area contributed by atoms with Crippen LogP contribution in [0.3, 0.4) is 0 Å². The van der Waals surface area contributed by atoms with Gasteiger partial charge in [0.1, 0.15) is 6.29 Å². The van der Waals surface area contributed by atoms with Crippen molar-refractivity contribution in [1.29, 1.82) is 0 Å². The first-order valence-electron chi connectivity index (χ1n) is 9.07. The Morgan fingerprint density at radius 1 is 1.14 bits per heavy atom. The molecule has 0 unspecified atom stereocenters. The van der Waals surface area contributed by atoms with Crippen molar-refractivity contribution in [2.24, 2.45) is 0 Å². The number of carbonyl (C=O) groups is 2. The fourth-order valence-corrected chi connectivity index (χ4v) is 3.23. The molecule has 1 amide bonds. The molecule has 1 aliphatic heterocycles. The second-order valence-corrected chi connectivity index (χ2v) is 7.11. The van der Waals surface area contributed by atoms with E-state index in [2.05, 4.69) is 4.90 Å². The lowest BCUT2D eigenvalue weighted by molar-refractivity contribution is -0.385. The zero-order valence-corrected chi connectivity index (χ0v) is 16.4. The number of halogens is 1. The number of nitrogens with zero attached hydrogens (tertiary/aromatic N) is 3. The highest BCUT2D eigenvalue weighted by atomic mass is 35.5. The quantitative estimate of drug-likeness (QED) is 0.390. The number of piperazine rings is 1. The molecule has 0 saturated carbocycles. The van der Waals surface area contributed by atoms with E-state index in [4.69, 9.17) is 16.3 Å². The Balaban J connectivity index is 1.52. The van der Waals surface area contributed by atoms with E-state index >= 15 is 0 Å². The zero-order chi connectivity index (χ0) is 20.8. The fraction of sp³-hybridized carbons (Fsp3) is 0.300. The van der Waals surface area contributed by atoms with Crippen LogP contribution in [0.4, 0.5) is 5.69 Å². The number of hydrogen-bond acceptors (Lipinski definition) is 6. The molecular formula is C20H20ClN3O5. The Hall–Kier alpha value is -2.97. The minimum absolute atomic E-state index is 0.0886. The Bertz CT molecular complexity index is 895.